The molecule has 0 aliphatic heterocycles. The molecule has 0 saturated carbocycles. The van der Waals surface area contributed by atoms with E-state index in [2.05, 4.69) is 15.4 Å². The first-order valence-electron chi connectivity index (χ1n) is 5.96. The Morgan fingerprint density at radius 2 is 2.24 bits per heavy atom. The lowest BCUT2D eigenvalue weighted by atomic mass is 10.2. The van der Waals surface area contributed by atoms with Crippen LogP contribution >= 0.6 is 11.3 Å². The molecule has 1 aromatic carbocycles. The lowest BCUT2D eigenvalue weighted by Gasteiger charge is -2.09. The van der Waals surface area contributed by atoms with Gasteiger partial charge in [-0.25, -0.2) is 14.2 Å². The normalized spacial score (nSPS) is 10.8. The number of benzene rings is 1. The number of aromatic nitrogens is 5. The fourth-order valence-corrected chi connectivity index (χ4v) is 2.26. The van der Waals surface area contributed by atoms with Gasteiger partial charge in [-0.1, -0.05) is 17.4 Å². The number of aryl methyl sites for hydroxylation is 1. The maximum Gasteiger partial charge on any atom is 0.368 e. The molecule has 2 heterocycles. The monoisotopic (exact) mass is 307 g/mol. The molecule has 21 heavy (non-hydrogen) atoms. The van der Waals surface area contributed by atoms with Crippen LogP contribution < -0.4 is 10.4 Å². The minimum Gasteiger partial charge on any atom is -0.465 e. The van der Waals surface area contributed by atoms with Crippen molar-refractivity contribution in [3.63, 3.8) is 0 Å². The maximum atomic E-state index is 14.0. The molecular weight excluding hydrogens is 297 g/mol. The smallest absolute Gasteiger partial charge is 0.368 e. The molecule has 0 amide bonds. The van der Waals surface area contributed by atoms with Crippen LogP contribution in [0.15, 0.2) is 34.6 Å². The van der Waals surface area contributed by atoms with Gasteiger partial charge in [0.2, 0.25) is 0 Å². The van der Waals surface area contributed by atoms with E-state index >= 15 is 0 Å². The van der Waals surface area contributed by atoms with E-state index in [9.17, 15) is 9.18 Å². The van der Waals surface area contributed by atoms with Gasteiger partial charge in [-0.15, -0.1) is 0 Å². The molecule has 2 aromatic heterocycles. The fraction of sp³-hybridized carbons (Fsp3) is 0.167. The van der Waals surface area contributed by atoms with Crippen molar-refractivity contribution in [3.05, 3.63) is 51.6 Å². The van der Waals surface area contributed by atoms with Gasteiger partial charge in [-0.2, -0.15) is 9.36 Å². The zero-order chi connectivity index (χ0) is 14.8. The molecule has 0 unspecified atom stereocenters. The average molecular weight is 307 g/mol. The molecule has 0 atom stereocenters. The van der Waals surface area contributed by atoms with Gasteiger partial charge in [0.05, 0.1) is 11.3 Å². The van der Waals surface area contributed by atoms with Crippen molar-refractivity contribution in [1.29, 1.82) is 0 Å². The zero-order valence-corrected chi connectivity index (χ0v) is 11.7. The van der Waals surface area contributed by atoms with Gasteiger partial charge < -0.3 is 4.74 Å². The zero-order valence-electron chi connectivity index (χ0n) is 10.9. The van der Waals surface area contributed by atoms with Crippen LogP contribution in [-0.2, 0) is 13.7 Å². The standard InChI is InChI=1S/C12H10FN5O2S/c1-17-12(19)18(16-15-17)10-4-2-3-9(13)8(10)7-20-11-14-5-6-21-11/h2-6H,7H2,1H3. The van der Waals surface area contributed by atoms with Crippen LogP contribution in [0.1, 0.15) is 5.56 Å². The molecule has 3 aromatic rings. The van der Waals surface area contributed by atoms with Crippen LogP contribution in [0.3, 0.4) is 0 Å². The third-order valence-electron chi connectivity index (χ3n) is 2.79. The fourth-order valence-electron chi connectivity index (χ4n) is 1.77. The third-order valence-corrected chi connectivity index (χ3v) is 3.48. The Balaban J connectivity index is 1.99. The first-order valence-corrected chi connectivity index (χ1v) is 6.84. The van der Waals surface area contributed by atoms with Crippen LogP contribution in [0, 0.1) is 5.82 Å². The largest absolute Gasteiger partial charge is 0.465 e. The highest BCUT2D eigenvalue weighted by Gasteiger charge is 2.15. The average Bonchev–Trinajstić information content (AvgIpc) is 3.09. The van der Waals surface area contributed by atoms with Gasteiger partial charge in [-0.05, 0) is 22.6 Å². The molecule has 0 aliphatic rings. The number of thiazole rings is 1. The summed E-state index contributed by atoms with van der Waals surface area (Å²) in [6.07, 6.45) is 1.59. The Morgan fingerprint density at radius 1 is 1.38 bits per heavy atom. The summed E-state index contributed by atoms with van der Waals surface area (Å²) < 4.78 is 21.6. The third kappa shape index (κ3) is 2.55. The highest BCUT2D eigenvalue weighted by molar-refractivity contribution is 7.11. The van der Waals surface area contributed by atoms with Crippen molar-refractivity contribution in [2.45, 2.75) is 6.61 Å². The Labute approximate surface area is 122 Å². The van der Waals surface area contributed by atoms with Crippen LogP contribution in [-0.4, -0.2) is 24.8 Å². The second-order valence-electron chi connectivity index (χ2n) is 4.12. The molecule has 3 rings (SSSR count). The minimum absolute atomic E-state index is 0.0570. The van der Waals surface area contributed by atoms with E-state index in [1.165, 1.54) is 30.5 Å². The second kappa shape index (κ2) is 5.44. The molecule has 7 nitrogen and oxygen atoms in total. The van der Waals surface area contributed by atoms with Gasteiger partial charge in [0.25, 0.3) is 5.19 Å². The van der Waals surface area contributed by atoms with E-state index in [-0.39, 0.29) is 12.2 Å². The topological polar surface area (TPSA) is 74.8 Å². The number of nitrogens with zero attached hydrogens (tertiary/aromatic N) is 5. The molecular formula is C12H10FN5O2S. The molecule has 0 fully saturated rings. The summed E-state index contributed by atoms with van der Waals surface area (Å²) >= 11 is 1.30. The molecule has 0 radical (unpaired) electrons. The molecule has 9 heteroatoms. The Morgan fingerprint density at radius 3 is 2.90 bits per heavy atom. The first kappa shape index (κ1) is 13.4. The van der Waals surface area contributed by atoms with E-state index in [0.29, 0.717) is 10.9 Å². The van der Waals surface area contributed by atoms with Crippen molar-refractivity contribution in [1.82, 2.24) is 24.8 Å². The predicted octanol–water partition coefficient (Wildman–Crippen LogP) is 1.14. The second-order valence-corrected chi connectivity index (χ2v) is 4.98. The first-order chi connectivity index (χ1) is 10.2. The van der Waals surface area contributed by atoms with Crippen molar-refractivity contribution in [3.8, 4) is 10.9 Å². The summed E-state index contributed by atoms with van der Waals surface area (Å²) in [7, 11) is 1.47. The number of halogens is 1. The Kier molecular flexibility index (Phi) is 3.48. The minimum atomic E-state index is -0.485. The van der Waals surface area contributed by atoms with Gasteiger partial charge in [-0.3, -0.25) is 0 Å². The summed E-state index contributed by atoms with van der Waals surface area (Å²) in [6.45, 7) is -0.0570. The van der Waals surface area contributed by atoms with E-state index in [4.69, 9.17) is 4.74 Å². The molecule has 0 bridgehead atoms. The molecule has 0 spiro atoms. The van der Waals surface area contributed by atoms with E-state index < -0.39 is 11.5 Å². The lowest BCUT2D eigenvalue weighted by Crippen LogP contribution is -2.23. The van der Waals surface area contributed by atoms with Crippen molar-refractivity contribution < 1.29 is 9.13 Å². The maximum absolute atomic E-state index is 14.0. The van der Waals surface area contributed by atoms with Gasteiger partial charge >= 0.3 is 5.69 Å². The Bertz CT molecular complexity index is 811. The van der Waals surface area contributed by atoms with Crippen LogP contribution in [0.4, 0.5) is 4.39 Å². The van der Waals surface area contributed by atoms with Gasteiger partial charge in [0, 0.05) is 18.6 Å². The molecule has 0 N–H and O–H groups in total. The van der Waals surface area contributed by atoms with E-state index in [1.807, 2.05) is 0 Å². The van der Waals surface area contributed by atoms with Crippen molar-refractivity contribution in [2.75, 3.05) is 0 Å². The number of hydrogen-bond acceptors (Lipinski definition) is 6. The van der Waals surface area contributed by atoms with Crippen LogP contribution in [0.2, 0.25) is 0 Å². The highest BCUT2D eigenvalue weighted by atomic mass is 32.1. The van der Waals surface area contributed by atoms with E-state index in [0.717, 1.165) is 9.36 Å². The quantitative estimate of drug-likeness (QED) is 0.722. The summed E-state index contributed by atoms with van der Waals surface area (Å²) in [5, 5.41) is 9.51. The van der Waals surface area contributed by atoms with Gasteiger partial charge in [0.15, 0.2) is 0 Å². The number of ether oxygens (including phenoxy) is 1. The molecule has 0 aliphatic carbocycles. The van der Waals surface area contributed by atoms with Crippen molar-refractivity contribution >= 4 is 11.3 Å². The van der Waals surface area contributed by atoms with E-state index in [1.54, 1.807) is 17.6 Å². The number of rotatable bonds is 4. The number of hydrogen-bond donors (Lipinski definition) is 0. The Hall–Kier alpha value is -2.55. The van der Waals surface area contributed by atoms with Gasteiger partial charge in [0.1, 0.15) is 12.4 Å². The summed E-state index contributed by atoms with van der Waals surface area (Å²) in [5.74, 6) is -0.485. The molecule has 108 valence electrons. The highest BCUT2D eigenvalue weighted by Crippen LogP contribution is 2.20. The van der Waals surface area contributed by atoms with Crippen LogP contribution in [0.25, 0.3) is 5.69 Å². The summed E-state index contributed by atoms with van der Waals surface area (Å²) in [4.78, 5) is 15.9. The SMILES string of the molecule is Cn1nnn(-c2cccc(F)c2COc2nccs2)c1=O. The van der Waals surface area contributed by atoms with Crippen LogP contribution in [0.5, 0.6) is 5.19 Å². The number of tetrazole rings is 1. The lowest BCUT2D eigenvalue weighted by molar-refractivity contribution is 0.297. The summed E-state index contributed by atoms with van der Waals surface area (Å²) in [5.41, 5.74) is 0.0519. The van der Waals surface area contributed by atoms with Crippen molar-refractivity contribution in [2.24, 2.45) is 7.05 Å². The predicted molar refractivity (Wildman–Crippen MR) is 73.0 cm³/mol. The molecule has 0 saturated heterocycles. The summed E-state index contributed by atoms with van der Waals surface area (Å²) in [6, 6.07) is 4.38.